The number of hydrogen-bond acceptors (Lipinski definition) is 4. The lowest BCUT2D eigenvalue weighted by atomic mass is 9.98. The molecular formula is C27H28F3N3O4. The molecule has 1 heterocycles. The van der Waals surface area contributed by atoms with Crippen LogP contribution in [0.3, 0.4) is 0 Å². The third-order valence-electron chi connectivity index (χ3n) is 5.75. The summed E-state index contributed by atoms with van der Waals surface area (Å²) in [6.07, 6.45) is -7.69. The number of anilines is 1. The van der Waals surface area contributed by atoms with E-state index in [2.05, 4.69) is 10.6 Å². The molecule has 0 spiro atoms. The topological polar surface area (TPSA) is 100 Å². The number of nitrogens with one attached hydrogen (secondary N) is 2. The first kappa shape index (κ1) is 27.7. The molecule has 0 aliphatic carbocycles. The molecule has 3 rings (SSSR count). The second kappa shape index (κ2) is 11.9. The van der Waals surface area contributed by atoms with E-state index in [0.717, 1.165) is 10.1 Å². The number of benzene rings is 2. The van der Waals surface area contributed by atoms with Crippen LogP contribution < -0.4 is 16.2 Å². The van der Waals surface area contributed by atoms with Gasteiger partial charge in [-0.05, 0) is 29.2 Å². The normalized spacial score (nSPS) is 13.2. The quantitative estimate of drug-likeness (QED) is 0.404. The van der Waals surface area contributed by atoms with E-state index in [9.17, 15) is 32.7 Å². The number of hydrogen-bond donors (Lipinski definition) is 3. The molecule has 37 heavy (non-hydrogen) atoms. The zero-order chi connectivity index (χ0) is 27.2. The highest BCUT2D eigenvalue weighted by atomic mass is 19.4. The zero-order valence-corrected chi connectivity index (χ0v) is 20.3. The molecule has 7 nitrogen and oxygen atoms in total. The van der Waals surface area contributed by atoms with Crippen LogP contribution in [0.1, 0.15) is 19.4 Å². The molecule has 0 aliphatic heterocycles. The van der Waals surface area contributed by atoms with Crippen LogP contribution in [0.15, 0.2) is 77.6 Å². The van der Waals surface area contributed by atoms with Crippen molar-refractivity contribution in [1.29, 1.82) is 0 Å². The van der Waals surface area contributed by atoms with E-state index in [1.54, 1.807) is 60.7 Å². The molecule has 1 aromatic heterocycles. The van der Waals surface area contributed by atoms with Gasteiger partial charge in [-0.15, -0.1) is 0 Å². The standard InChI is InChI=1S/C27H28F3N3O4/c1-17(2)24(25(36)27(28,29)30)32-23(35)16-33-21(19-11-7-4-8-12-19)14-13-20(26(33)37)31-22(34)15-18-9-5-3-6-10-18/h3-14,17,24-25,36H,15-16H2,1-2H3,(H,31,34)(H,32,35). The number of rotatable bonds is 9. The molecule has 2 amide bonds. The van der Waals surface area contributed by atoms with E-state index in [0.29, 0.717) is 11.3 Å². The number of carbonyl (C=O) groups excluding carboxylic acids is 2. The zero-order valence-electron chi connectivity index (χ0n) is 20.3. The molecular weight excluding hydrogens is 487 g/mol. The molecule has 0 fully saturated rings. The second-order valence-corrected chi connectivity index (χ2v) is 8.92. The van der Waals surface area contributed by atoms with E-state index in [-0.39, 0.29) is 12.1 Å². The van der Waals surface area contributed by atoms with Gasteiger partial charge in [-0.3, -0.25) is 19.0 Å². The Morgan fingerprint density at radius 2 is 1.51 bits per heavy atom. The van der Waals surface area contributed by atoms with E-state index < -0.39 is 48.2 Å². The van der Waals surface area contributed by atoms with Gasteiger partial charge in [0.25, 0.3) is 5.56 Å². The number of aliphatic hydroxyl groups excluding tert-OH is 1. The number of halogens is 3. The molecule has 2 atom stereocenters. The van der Waals surface area contributed by atoms with E-state index >= 15 is 0 Å². The molecule has 0 bridgehead atoms. The van der Waals surface area contributed by atoms with Crippen LogP contribution in [0.25, 0.3) is 11.3 Å². The number of nitrogens with zero attached hydrogens (tertiary/aromatic N) is 1. The highest BCUT2D eigenvalue weighted by Crippen LogP contribution is 2.25. The SMILES string of the molecule is CC(C)C(NC(=O)Cn1c(-c2ccccc2)ccc(NC(=O)Cc2ccccc2)c1=O)C(O)C(F)(F)F. The molecule has 0 radical (unpaired) electrons. The van der Waals surface area contributed by atoms with Crippen LogP contribution in [0.4, 0.5) is 18.9 Å². The van der Waals surface area contributed by atoms with Gasteiger partial charge in [-0.2, -0.15) is 13.2 Å². The second-order valence-electron chi connectivity index (χ2n) is 8.92. The third kappa shape index (κ3) is 7.29. The van der Waals surface area contributed by atoms with Crippen LogP contribution in [-0.2, 0) is 22.6 Å². The number of carbonyl (C=O) groups is 2. The Labute approximate surface area is 211 Å². The first-order chi connectivity index (χ1) is 17.5. The minimum Gasteiger partial charge on any atom is -0.382 e. The Hall–Kier alpha value is -3.92. The molecule has 2 aromatic carbocycles. The molecule has 0 saturated carbocycles. The lowest BCUT2D eigenvalue weighted by Gasteiger charge is -2.29. The van der Waals surface area contributed by atoms with E-state index in [4.69, 9.17) is 0 Å². The van der Waals surface area contributed by atoms with Crippen LogP contribution in [0, 0.1) is 5.92 Å². The summed E-state index contributed by atoms with van der Waals surface area (Å²) in [5, 5.41) is 14.5. The first-order valence-corrected chi connectivity index (χ1v) is 11.6. The van der Waals surface area contributed by atoms with Gasteiger partial charge in [0.2, 0.25) is 11.8 Å². The first-order valence-electron chi connectivity index (χ1n) is 11.6. The highest BCUT2D eigenvalue weighted by molar-refractivity contribution is 5.92. The number of alkyl halides is 3. The summed E-state index contributed by atoms with van der Waals surface area (Å²) in [6, 6.07) is 18.9. The summed E-state index contributed by atoms with van der Waals surface area (Å²) in [4.78, 5) is 38.7. The summed E-state index contributed by atoms with van der Waals surface area (Å²) in [5.74, 6) is -2.08. The van der Waals surface area contributed by atoms with Crippen molar-refractivity contribution in [3.63, 3.8) is 0 Å². The van der Waals surface area contributed by atoms with E-state index in [1.165, 1.54) is 19.9 Å². The molecule has 3 N–H and O–H groups in total. The van der Waals surface area contributed by atoms with Gasteiger partial charge in [0.05, 0.1) is 18.2 Å². The van der Waals surface area contributed by atoms with Crippen molar-refractivity contribution < 1.29 is 27.9 Å². The number of amides is 2. The maximum Gasteiger partial charge on any atom is 0.416 e. The Morgan fingerprint density at radius 1 is 0.919 bits per heavy atom. The molecule has 0 aliphatic rings. The highest BCUT2D eigenvalue weighted by Gasteiger charge is 2.45. The van der Waals surface area contributed by atoms with Crippen LogP contribution in [0.2, 0.25) is 0 Å². The number of aliphatic hydroxyl groups is 1. The van der Waals surface area contributed by atoms with Crippen molar-refractivity contribution in [3.05, 3.63) is 88.7 Å². The van der Waals surface area contributed by atoms with Crippen LogP contribution in [-0.4, -0.2) is 39.8 Å². The lowest BCUT2D eigenvalue weighted by molar-refractivity contribution is -0.215. The van der Waals surface area contributed by atoms with Crippen molar-refractivity contribution >= 4 is 17.5 Å². The van der Waals surface area contributed by atoms with Crippen molar-refractivity contribution in [1.82, 2.24) is 9.88 Å². The van der Waals surface area contributed by atoms with Gasteiger partial charge in [-0.1, -0.05) is 74.5 Å². The fourth-order valence-electron chi connectivity index (χ4n) is 3.86. The maximum absolute atomic E-state index is 13.3. The molecule has 2 unspecified atom stereocenters. The summed E-state index contributed by atoms with van der Waals surface area (Å²) < 4.78 is 40.4. The lowest BCUT2D eigenvalue weighted by Crippen LogP contribution is -2.53. The van der Waals surface area contributed by atoms with Gasteiger partial charge in [0.1, 0.15) is 12.2 Å². The van der Waals surface area contributed by atoms with Crippen LogP contribution >= 0.6 is 0 Å². The van der Waals surface area contributed by atoms with Crippen molar-refractivity contribution in [2.24, 2.45) is 5.92 Å². The summed E-state index contributed by atoms with van der Waals surface area (Å²) in [7, 11) is 0. The fourth-order valence-corrected chi connectivity index (χ4v) is 3.86. The average molecular weight is 516 g/mol. The predicted molar refractivity (Wildman–Crippen MR) is 134 cm³/mol. The summed E-state index contributed by atoms with van der Waals surface area (Å²) in [5.41, 5.74) is 0.882. The van der Waals surface area contributed by atoms with Crippen molar-refractivity contribution in [3.8, 4) is 11.3 Å². The fraction of sp³-hybridized carbons (Fsp3) is 0.296. The maximum atomic E-state index is 13.3. The van der Waals surface area contributed by atoms with Gasteiger partial charge in [-0.25, -0.2) is 0 Å². The van der Waals surface area contributed by atoms with Crippen molar-refractivity contribution in [2.45, 2.75) is 45.1 Å². The van der Waals surface area contributed by atoms with Gasteiger partial charge >= 0.3 is 6.18 Å². The average Bonchev–Trinajstić information content (AvgIpc) is 2.85. The molecule has 10 heteroatoms. The summed E-state index contributed by atoms with van der Waals surface area (Å²) in [6.45, 7) is 2.24. The van der Waals surface area contributed by atoms with Gasteiger partial charge < -0.3 is 15.7 Å². The van der Waals surface area contributed by atoms with Gasteiger partial charge in [0, 0.05) is 0 Å². The van der Waals surface area contributed by atoms with Crippen molar-refractivity contribution in [2.75, 3.05) is 5.32 Å². The largest absolute Gasteiger partial charge is 0.416 e. The van der Waals surface area contributed by atoms with E-state index in [1.807, 2.05) is 6.07 Å². The Bertz CT molecular complexity index is 1280. The smallest absolute Gasteiger partial charge is 0.382 e. The summed E-state index contributed by atoms with van der Waals surface area (Å²) >= 11 is 0. The Balaban J connectivity index is 1.91. The molecule has 0 saturated heterocycles. The third-order valence-corrected chi connectivity index (χ3v) is 5.75. The Morgan fingerprint density at radius 3 is 2.08 bits per heavy atom. The van der Waals surface area contributed by atoms with Gasteiger partial charge in [0.15, 0.2) is 6.10 Å². The molecule has 196 valence electrons. The predicted octanol–water partition coefficient (Wildman–Crippen LogP) is 3.76. The number of pyridine rings is 1. The minimum absolute atomic E-state index is 0.0204. The monoisotopic (exact) mass is 515 g/mol. The Kier molecular flexibility index (Phi) is 8.88. The van der Waals surface area contributed by atoms with Crippen LogP contribution in [0.5, 0.6) is 0 Å². The molecule has 3 aromatic rings. The number of aromatic nitrogens is 1. The minimum atomic E-state index is -4.93.